The first-order valence-electron chi connectivity index (χ1n) is 8.90. The normalized spacial score (nSPS) is 16.5. The summed E-state index contributed by atoms with van der Waals surface area (Å²) in [7, 11) is 0. The van der Waals surface area contributed by atoms with E-state index in [2.05, 4.69) is 39.4 Å². The van der Waals surface area contributed by atoms with E-state index >= 15 is 0 Å². The quantitative estimate of drug-likeness (QED) is 0.746. The Balaban J connectivity index is 1.43. The maximum atomic E-state index is 8.83. The maximum Gasteiger partial charge on any atom is 0.123 e. The Morgan fingerprint density at radius 3 is 2.46 bits per heavy atom. The van der Waals surface area contributed by atoms with Gasteiger partial charge in [0.15, 0.2) is 0 Å². The predicted molar refractivity (Wildman–Crippen MR) is 100 cm³/mol. The van der Waals surface area contributed by atoms with Crippen molar-refractivity contribution in [2.45, 2.75) is 25.8 Å². The number of aliphatic hydroxyl groups is 1. The Bertz CT molecular complexity index is 594. The molecular formula is C19H27N3OS. The minimum Gasteiger partial charge on any atom is -0.396 e. The second-order valence-electron chi connectivity index (χ2n) is 6.41. The fraction of sp³-hybridized carbons (Fsp3) is 0.526. The van der Waals surface area contributed by atoms with E-state index in [4.69, 9.17) is 10.1 Å². The van der Waals surface area contributed by atoms with Crippen molar-refractivity contribution in [2.24, 2.45) is 0 Å². The molecule has 0 unspecified atom stereocenters. The van der Waals surface area contributed by atoms with Crippen LogP contribution in [0.1, 0.15) is 25.0 Å². The predicted octanol–water partition coefficient (Wildman–Crippen LogP) is 3.09. The molecule has 5 heteroatoms. The summed E-state index contributed by atoms with van der Waals surface area (Å²) in [5.41, 5.74) is 2.40. The Hall–Kier alpha value is -1.27. The van der Waals surface area contributed by atoms with Crippen molar-refractivity contribution in [1.82, 2.24) is 14.8 Å². The number of thiazole rings is 1. The van der Waals surface area contributed by atoms with E-state index < -0.39 is 0 Å². The summed E-state index contributed by atoms with van der Waals surface area (Å²) >= 11 is 1.74. The summed E-state index contributed by atoms with van der Waals surface area (Å²) in [6.45, 7) is 7.00. The minimum absolute atomic E-state index is 0.326. The topological polar surface area (TPSA) is 39.6 Å². The first kappa shape index (κ1) is 17.5. The molecule has 1 fully saturated rings. The zero-order chi connectivity index (χ0) is 16.6. The number of piperazine rings is 1. The van der Waals surface area contributed by atoms with Crippen LogP contribution in [0.4, 0.5) is 0 Å². The van der Waals surface area contributed by atoms with E-state index in [0.29, 0.717) is 6.61 Å². The average molecular weight is 346 g/mol. The van der Waals surface area contributed by atoms with Gasteiger partial charge < -0.3 is 10.0 Å². The lowest BCUT2D eigenvalue weighted by Crippen LogP contribution is -2.46. The summed E-state index contributed by atoms with van der Waals surface area (Å²) < 4.78 is 0. The van der Waals surface area contributed by atoms with Crippen molar-refractivity contribution < 1.29 is 5.11 Å². The Morgan fingerprint density at radius 2 is 1.71 bits per heavy atom. The molecule has 0 atom stereocenters. The Kier molecular flexibility index (Phi) is 6.78. The van der Waals surface area contributed by atoms with Crippen molar-refractivity contribution in [3.05, 3.63) is 41.4 Å². The van der Waals surface area contributed by atoms with Gasteiger partial charge >= 0.3 is 0 Å². The van der Waals surface area contributed by atoms with Gasteiger partial charge in [0.2, 0.25) is 0 Å². The van der Waals surface area contributed by atoms with Crippen LogP contribution in [0, 0.1) is 0 Å². The smallest absolute Gasteiger partial charge is 0.123 e. The molecule has 0 aliphatic carbocycles. The maximum absolute atomic E-state index is 8.83. The summed E-state index contributed by atoms with van der Waals surface area (Å²) in [5, 5.41) is 12.1. The van der Waals surface area contributed by atoms with E-state index in [-0.39, 0.29) is 0 Å². The molecule has 0 spiro atoms. The number of nitrogens with zero attached hydrogens (tertiary/aromatic N) is 3. The molecule has 1 saturated heterocycles. The highest BCUT2D eigenvalue weighted by atomic mass is 32.1. The van der Waals surface area contributed by atoms with Gasteiger partial charge in [-0.25, -0.2) is 4.98 Å². The van der Waals surface area contributed by atoms with Crippen LogP contribution in [0.25, 0.3) is 10.6 Å². The number of rotatable bonds is 8. The first-order chi connectivity index (χ1) is 11.8. The monoisotopic (exact) mass is 345 g/mol. The number of benzene rings is 1. The average Bonchev–Trinajstić information content (AvgIpc) is 3.09. The van der Waals surface area contributed by atoms with E-state index in [1.807, 2.05) is 6.07 Å². The second-order valence-corrected chi connectivity index (χ2v) is 7.27. The van der Waals surface area contributed by atoms with Crippen molar-refractivity contribution in [3.8, 4) is 10.6 Å². The molecule has 0 radical (unpaired) electrons. The summed E-state index contributed by atoms with van der Waals surface area (Å²) in [5.74, 6) is 0. The standard InChI is InChI=1S/C19H27N3OS/c23-14-6-2-5-9-21-10-12-22(13-11-21)15-18-16-24-19(20-18)17-7-3-1-4-8-17/h1,3-4,7-8,16,23H,2,5-6,9-15H2. The fourth-order valence-electron chi connectivity index (χ4n) is 3.12. The molecule has 1 aromatic heterocycles. The highest BCUT2D eigenvalue weighted by Crippen LogP contribution is 2.24. The van der Waals surface area contributed by atoms with Gasteiger partial charge in [0, 0.05) is 50.3 Å². The third-order valence-electron chi connectivity index (χ3n) is 4.56. The molecule has 24 heavy (non-hydrogen) atoms. The van der Waals surface area contributed by atoms with Gasteiger partial charge in [-0.15, -0.1) is 11.3 Å². The molecule has 1 aliphatic rings. The Morgan fingerprint density at radius 1 is 0.958 bits per heavy atom. The lowest BCUT2D eigenvalue weighted by molar-refractivity contribution is 0.124. The first-order valence-corrected chi connectivity index (χ1v) is 9.78. The number of hydrogen-bond donors (Lipinski definition) is 1. The molecular weight excluding hydrogens is 318 g/mol. The molecule has 130 valence electrons. The van der Waals surface area contributed by atoms with Crippen LogP contribution in [0.15, 0.2) is 35.7 Å². The Labute approximate surface area is 148 Å². The van der Waals surface area contributed by atoms with Gasteiger partial charge in [-0.3, -0.25) is 4.90 Å². The lowest BCUT2D eigenvalue weighted by atomic mass is 10.2. The molecule has 2 aromatic rings. The molecule has 3 rings (SSSR count). The lowest BCUT2D eigenvalue weighted by Gasteiger charge is -2.34. The van der Waals surface area contributed by atoms with Gasteiger partial charge in [-0.05, 0) is 25.8 Å². The highest BCUT2D eigenvalue weighted by Gasteiger charge is 2.17. The van der Waals surface area contributed by atoms with Crippen LogP contribution in [-0.2, 0) is 6.54 Å². The fourth-order valence-corrected chi connectivity index (χ4v) is 3.93. The second kappa shape index (κ2) is 9.28. The molecule has 0 saturated carbocycles. The van der Waals surface area contributed by atoms with E-state index in [1.54, 1.807) is 11.3 Å². The molecule has 2 heterocycles. The van der Waals surface area contributed by atoms with Crippen LogP contribution >= 0.6 is 11.3 Å². The third-order valence-corrected chi connectivity index (χ3v) is 5.50. The van der Waals surface area contributed by atoms with E-state index in [0.717, 1.165) is 50.6 Å². The van der Waals surface area contributed by atoms with Gasteiger partial charge in [0.1, 0.15) is 5.01 Å². The molecule has 0 bridgehead atoms. The largest absolute Gasteiger partial charge is 0.396 e. The van der Waals surface area contributed by atoms with Crippen LogP contribution in [-0.4, -0.2) is 59.2 Å². The minimum atomic E-state index is 0.326. The van der Waals surface area contributed by atoms with Crippen LogP contribution < -0.4 is 0 Å². The number of unbranched alkanes of at least 4 members (excludes halogenated alkanes) is 2. The summed E-state index contributed by atoms with van der Waals surface area (Å²) in [6, 6.07) is 10.4. The van der Waals surface area contributed by atoms with Crippen LogP contribution in [0.3, 0.4) is 0 Å². The number of aliphatic hydroxyl groups excluding tert-OH is 1. The highest BCUT2D eigenvalue weighted by molar-refractivity contribution is 7.13. The van der Waals surface area contributed by atoms with Gasteiger partial charge in [0.25, 0.3) is 0 Å². The third kappa shape index (κ3) is 5.11. The number of aromatic nitrogens is 1. The van der Waals surface area contributed by atoms with Crippen molar-refractivity contribution in [3.63, 3.8) is 0 Å². The van der Waals surface area contributed by atoms with E-state index in [9.17, 15) is 0 Å². The van der Waals surface area contributed by atoms with Crippen LogP contribution in [0.5, 0.6) is 0 Å². The van der Waals surface area contributed by atoms with Crippen LogP contribution in [0.2, 0.25) is 0 Å². The molecule has 1 N–H and O–H groups in total. The van der Waals surface area contributed by atoms with Gasteiger partial charge in [-0.2, -0.15) is 0 Å². The summed E-state index contributed by atoms with van der Waals surface area (Å²) in [6.07, 6.45) is 3.28. The SMILES string of the molecule is OCCCCCN1CCN(Cc2csc(-c3ccccc3)n2)CC1. The van der Waals surface area contributed by atoms with Crippen molar-refractivity contribution in [1.29, 1.82) is 0 Å². The molecule has 1 aromatic carbocycles. The van der Waals surface area contributed by atoms with E-state index in [1.165, 1.54) is 24.2 Å². The van der Waals surface area contributed by atoms with Gasteiger partial charge in [-0.1, -0.05) is 30.3 Å². The van der Waals surface area contributed by atoms with Crippen molar-refractivity contribution >= 4 is 11.3 Å². The zero-order valence-corrected chi connectivity index (χ0v) is 15.0. The summed E-state index contributed by atoms with van der Waals surface area (Å²) in [4.78, 5) is 9.86. The van der Waals surface area contributed by atoms with Gasteiger partial charge in [0.05, 0.1) is 5.69 Å². The van der Waals surface area contributed by atoms with Crippen molar-refractivity contribution in [2.75, 3.05) is 39.3 Å². The number of hydrogen-bond acceptors (Lipinski definition) is 5. The zero-order valence-electron chi connectivity index (χ0n) is 14.2. The molecule has 4 nitrogen and oxygen atoms in total. The molecule has 1 aliphatic heterocycles. The molecule has 0 amide bonds.